The van der Waals surface area contributed by atoms with Crippen LogP contribution in [0.3, 0.4) is 0 Å². The van der Waals surface area contributed by atoms with E-state index in [1.807, 2.05) is 0 Å². The van der Waals surface area contributed by atoms with Gasteiger partial charge in [-0.2, -0.15) is 5.10 Å². The average Bonchev–Trinajstić information content (AvgIpc) is 3.09. The van der Waals surface area contributed by atoms with E-state index >= 15 is 0 Å². The lowest BCUT2D eigenvalue weighted by Gasteiger charge is -2.23. The fourth-order valence-electron chi connectivity index (χ4n) is 2.27. The predicted octanol–water partition coefficient (Wildman–Crippen LogP) is 1.98. The van der Waals surface area contributed by atoms with Gasteiger partial charge in [0.25, 0.3) is 0 Å². The second-order valence-corrected chi connectivity index (χ2v) is 5.01. The van der Waals surface area contributed by atoms with E-state index in [2.05, 4.69) is 15.2 Å². The molecule has 0 saturated heterocycles. The monoisotopic (exact) mass is 309 g/mol. The Morgan fingerprint density at radius 2 is 2.13 bits per heavy atom. The number of ether oxygens (including phenoxy) is 1. The summed E-state index contributed by atoms with van der Waals surface area (Å²) in [7, 11) is 7.48. The van der Waals surface area contributed by atoms with Gasteiger partial charge in [0.2, 0.25) is 0 Å². The van der Waals surface area contributed by atoms with Crippen molar-refractivity contribution in [2.24, 2.45) is 0 Å². The summed E-state index contributed by atoms with van der Waals surface area (Å²) in [4.78, 5) is 4.37. The van der Waals surface area contributed by atoms with Crippen molar-refractivity contribution in [3.8, 4) is 17.0 Å². The lowest BCUT2D eigenvalue weighted by molar-refractivity contribution is 0.167. The average molecular weight is 309 g/mol. The summed E-state index contributed by atoms with van der Waals surface area (Å²) in [6.07, 6.45) is 2.89. The van der Waals surface area contributed by atoms with E-state index in [4.69, 9.17) is 12.6 Å². The Bertz CT molecular complexity index is 822. The molecule has 2 heterocycles. The highest BCUT2D eigenvalue weighted by Gasteiger charge is 2.28. The first-order valence-electron chi connectivity index (χ1n) is 6.84. The number of nitrogens with zero attached hydrogens (tertiary/aromatic N) is 2. The second kappa shape index (κ2) is 5.85. The molecule has 114 valence electrons. The standard InChI is InChI=1S/C16H13BFN3O2/c1-23-13-5-6-14(16(17,22)11-8-19-20-9-11)21-15(13)10-3-2-4-12(18)7-10/h2-9,22H,1H3,(H,19,20). The molecule has 3 aromatic rings. The fourth-order valence-corrected chi connectivity index (χ4v) is 2.27. The third kappa shape index (κ3) is 2.83. The maximum absolute atomic E-state index is 13.5. The van der Waals surface area contributed by atoms with Crippen LogP contribution in [0.4, 0.5) is 4.39 Å². The smallest absolute Gasteiger partial charge is 0.145 e. The van der Waals surface area contributed by atoms with Gasteiger partial charge in [-0.1, -0.05) is 12.1 Å². The third-order valence-electron chi connectivity index (χ3n) is 3.51. The molecule has 0 aliphatic heterocycles. The molecule has 0 aliphatic rings. The van der Waals surface area contributed by atoms with Crippen LogP contribution in [0.2, 0.25) is 0 Å². The summed E-state index contributed by atoms with van der Waals surface area (Å²) in [5.41, 5.74) is -0.371. The first kappa shape index (κ1) is 15.2. The molecule has 0 fully saturated rings. The number of benzene rings is 1. The van der Waals surface area contributed by atoms with Crippen LogP contribution in [-0.2, 0) is 5.50 Å². The SMILES string of the molecule is [B]C(O)(c1cn[nH]c1)c1ccc(OC)c(-c2cccc(F)c2)n1. The number of methoxy groups -OCH3 is 1. The number of aliphatic hydroxyl groups is 1. The highest BCUT2D eigenvalue weighted by molar-refractivity contribution is 6.16. The number of aromatic nitrogens is 3. The fraction of sp³-hybridized carbons (Fsp3) is 0.125. The van der Waals surface area contributed by atoms with Crippen LogP contribution >= 0.6 is 0 Å². The van der Waals surface area contributed by atoms with Crippen LogP contribution in [0.15, 0.2) is 48.8 Å². The molecule has 0 aliphatic carbocycles. The van der Waals surface area contributed by atoms with Gasteiger partial charge in [-0.15, -0.1) is 0 Å². The Balaban J connectivity index is 2.13. The molecule has 23 heavy (non-hydrogen) atoms. The number of hydrogen-bond acceptors (Lipinski definition) is 4. The van der Waals surface area contributed by atoms with Gasteiger partial charge in [-0.25, -0.2) is 9.37 Å². The van der Waals surface area contributed by atoms with Crippen LogP contribution in [0.1, 0.15) is 11.3 Å². The van der Waals surface area contributed by atoms with E-state index < -0.39 is 11.3 Å². The molecule has 0 bridgehead atoms. The molecule has 3 rings (SSSR count). The van der Waals surface area contributed by atoms with E-state index in [0.717, 1.165) is 0 Å². The summed E-state index contributed by atoms with van der Waals surface area (Å²) in [6, 6.07) is 9.12. The van der Waals surface area contributed by atoms with Crippen LogP contribution < -0.4 is 4.74 Å². The van der Waals surface area contributed by atoms with E-state index in [-0.39, 0.29) is 5.69 Å². The number of aromatic amines is 1. The van der Waals surface area contributed by atoms with E-state index in [0.29, 0.717) is 22.6 Å². The Morgan fingerprint density at radius 3 is 2.78 bits per heavy atom. The Morgan fingerprint density at radius 1 is 1.30 bits per heavy atom. The topological polar surface area (TPSA) is 71.0 Å². The van der Waals surface area contributed by atoms with Crippen molar-refractivity contribution in [1.82, 2.24) is 15.2 Å². The lowest BCUT2D eigenvalue weighted by atomic mass is 9.74. The van der Waals surface area contributed by atoms with Gasteiger partial charge >= 0.3 is 0 Å². The Hall–Kier alpha value is -2.67. The molecular formula is C16H13BFN3O2. The number of pyridine rings is 1. The summed E-state index contributed by atoms with van der Waals surface area (Å²) in [6.45, 7) is 0. The number of hydrogen-bond donors (Lipinski definition) is 2. The molecule has 2 radical (unpaired) electrons. The molecule has 7 heteroatoms. The second-order valence-electron chi connectivity index (χ2n) is 5.01. The van der Waals surface area contributed by atoms with Crippen LogP contribution in [0.25, 0.3) is 11.3 Å². The predicted molar refractivity (Wildman–Crippen MR) is 83.5 cm³/mol. The Kier molecular flexibility index (Phi) is 3.88. The molecule has 2 aromatic heterocycles. The molecule has 5 nitrogen and oxygen atoms in total. The summed E-state index contributed by atoms with van der Waals surface area (Å²) < 4.78 is 18.8. The first-order valence-corrected chi connectivity index (χ1v) is 6.84. The summed E-state index contributed by atoms with van der Waals surface area (Å²) >= 11 is 0. The summed E-state index contributed by atoms with van der Waals surface area (Å²) in [5, 5.41) is 16.9. The van der Waals surface area contributed by atoms with Crippen molar-refractivity contribution < 1.29 is 14.2 Å². The van der Waals surface area contributed by atoms with Gasteiger partial charge < -0.3 is 9.84 Å². The van der Waals surface area contributed by atoms with Crippen LogP contribution in [0, 0.1) is 5.82 Å². The minimum atomic E-state index is -1.83. The lowest BCUT2D eigenvalue weighted by Crippen LogP contribution is -2.28. The molecule has 1 atom stereocenters. The maximum Gasteiger partial charge on any atom is 0.145 e. The van der Waals surface area contributed by atoms with E-state index in [1.165, 1.54) is 31.6 Å². The number of H-pyrrole nitrogens is 1. The van der Waals surface area contributed by atoms with Crippen molar-refractivity contribution >= 4 is 7.85 Å². The van der Waals surface area contributed by atoms with Crippen LogP contribution in [-0.4, -0.2) is 35.2 Å². The minimum Gasteiger partial charge on any atom is -0.494 e. The molecule has 0 amide bonds. The van der Waals surface area contributed by atoms with Gasteiger partial charge in [0.1, 0.15) is 25.1 Å². The zero-order valence-corrected chi connectivity index (χ0v) is 12.3. The highest BCUT2D eigenvalue weighted by atomic mass is 19.1. The van der Waals surface area contributed by atoms with Gasteiger partial charge in [0.15, 0.2) is 0 Å². The zero-order valence-electron chi connectivity index (χ0n) is 12.3. The van der Waals surface area contributed by atoms with Crippen molar-refractivity contribution in [3.63, 3.8) is 0 Å². The third-order valence-corrected chi connectivity index (χ3v) is 3.51. The van der Waals surface area contributed by atoms with Crippen molar-refractivity contribution in [3.05, 3.63) is 65.9 Å². The number of nitrogens with one attached hydrogen (secondary N) is 1. The van der Waals surface area contributed by atoms with Crippen LogP contribution in [0.5, 0.6) is 5.75 Å². The maximum atomic E-state index is 13.5. The van der Waals surface area contributed by atoms with Crippen molar-refractivity contribution in [2.45, 2.75) is 5.50 Å². The van der Waals surface area contributed by atoms with Gasteiger partial charge in [0.05, 0.1) is 24.5 Å². The zero-order chi connectivity index (χ0) is 16.4. The quantitative estimate of drug-likeness (QED) is 0.723. The molecule has 0 spiro atoms. The minimum absolute atomic E-state index is 0.193. The number of rotatable bonds is 4. The molecule has 1 unspecified atom stereocenters. The van der Waals surface area contributed by atoms with Gasteiger partial charge in [0, 0.05) is 17.3 Å². The molecule has 1 aromatic carbocycles. The largest absolute Gasteiger partial charge is 0.494 e. The molecule has 2 N–H and O–H groups in total. The van der Waals surface area contributed by atoms with Gasteiger partial charge in [-0.05, 0) is 24.3 Å². The number of halogens is 1. The van der Waals surface area contributed by atoms with E-state index in [1.54, 1.807) is 24.3 Å². The van der Waals surface area contributed by atoms with Crippen molar-refractivity contribution in [2.75, 3.05) is 7.11 Å². The Labute approximate surface area is 133 Å². The van der Waals surface area contributed by atoms with E-state index in [9.17, 15) is 9.50 Å². The molecular weight excluding hydrogens is 296 g/mol. The van der Waals surface area contributed by atoms with Crippen molar-refractivity contribution in [1.29, 1.82) is 0 Å². The van der Waals surface area contributed by atoms with Gasteiger partial charge in [-0.3, -0.25) is 5.10 Å². The summed E-state index contributed by atoms with van der Waals surface area (Å²) in [5.74, 6) is 0.0527. The molecule has 0 saturated carbocycles. The highest BCUT2D eigenvalue weighted by Crippen LogP contribution is 2.32. The first-order chi connectivity index (χ1) is 11.0. The normalized spacial score (nSPS) is 13.5.